The summed E-state index contributed by atoms with van der Waals surface area (Å²) in [4.78, 5) is 33.6. The Morgan fingerprint density at radius 2 is 1.01 bits per heavy atom. The van der Waals surface area contributed by atoms with Crippen LogP contribution in [0.15, 0.2) is 107 Å². The maximum Gasteiger partial charge on any atom is 0.257 e. The Morgan fingerprint density at radius 3 is 1.33 bits per heavy atom. The van der Waals surface area contributed by atoms with Crippen LogP contribution in [0.3, 0.4) is 0 Å². The highest BCUT2D eigenvalue weighted by molar-refractivity contribution is 7.92. The minimum atomic E-state index is -3.70. The van der Waals surface area contributed by atoms with Crippen molar-refractivity contribution in [2.24, 2.45) is 0 Å². The normalized spacial score (nSPS) is 18.9. The summed E-state index contributed by atoms with van der Waals surface area (Å²) in [5.74, 6) is -0.645. The molecule has 4 N–H and O–H groups in total. The average molecular weight is 1030 g/mol. The zero-order valence-electron chi connectivity index (χ0n) is 39.5. The van der Waals surface area contributed by atoms with Crippen LogP contribution in [0.5, 0.6) is 34.5 Å². The number of carbonyl (C=O) groups is 2. The number of hydrogen-bond acceptors (Lipinski definition) is 14. The molecule has 0 bridgehead atoms. The molecule has 0 radical (unpaired) electrons. The lowest BCUT2D eigenvalue weighted by Crippen LogP contribution is -2.34. The molecular formula is C52H50F2N4O12S2. The number of ether oxygens (including phenoxy) is 4. The minimum Gasteiger partial charge on any atom is -0.484 e. The molecule has 0 saturated heterocycles. The monoisotopic (exact) mass is 1020 g/mol. The summed E-state index contributed by atoms with van der Waals surface area (Å²) < 4.78 is 103. The third-order valence-electron chi connectivity index (χ3n) is 12.5. The number of anilines is 2. The highest BCUT2D eigenvalue weighted by Gasteiger charge is 2.41. The first kappa shape index (κ1) is 50.0. The standard InChI is InChI=1S/2C26H25FN2O6S/c2*1-15-3-8-24(28-13-15)29-25(31)16-9-21(19-12-26(2,14-30)35-22(19)10-16)34-17-4-7-23(20(27)11-17)36(32,33)18-5-6-18/h2*3-4,7-11,13,18,30H,5-6,12,14H2,1-2H3,(H,28,29,31). The lowest BCUT2D eigenvalue weighted by atomic mass is 9.98. The molecule has 2 unspecified atom stereocenters. The van der Waals surface area contributed by atoms with Crippen molar-refractivity contribution in [2.45, 2.75) is 97.7 Å². The Bertz CT molecular complexity index is 3130. The summed E-state index contributed by atoms with van der Waals surface area (Å²) in [5, 5.41) is 24.0. The van der Waals surface area contributed by atoms with E-state index in [0.29, 0.717) is 72.8 Å². The summed E-state index contributed by atoms with van der Waals surface area (Å²) in [6.07, 6.45) is 5.98. The lowest BCUT2D eigenvalue weighted by Gasteiger charge is -2.20. The van der Waals surface area contributed by atoms with E-state index in [2.05, 4.69) is 20.6 Å². The molecule has 2 aromatic heterocycles. The van der Waals surface area contributed by atoms with Gasteiger partial charge in [-0.05, 0) is 125 Å². The summed E-state index contributed by atoms with van der Waals surface area (Å²) in [6, 6.07) is 20.3. The van der Waals surface area contributed by atoms with Gasteiger partial charge in [0.15, 0.2) is 19.7 Å². The predicted octanol–water partition coefficient (Wildman–Crippen LogP) is 8.39. The molecule has 4 aromatic carbocycles. The number of amides is 2. The van der Waals surface area contributed by atoms with Crippen LogP contribution in [0, 0.1) is 25.5 Å². The molecule has 6 aromatic rings. The van der Waals surface area contributed by atoms with E-state index >= 15 is 0 Å². The summed E-state index contributed by atoms with van der Waals surface area (Å²) in [6.45, 7) is 6.69. The Morgan fingerprint density at radius 1 is 0.625 bits per heavy atom. The van der Waals surface area contributed by atoms with Crippen molar-refractivity contribution in [2.75, 3.05) is 23.8 Å². The van der Waals surface area contributed by atoms with Gasteiger partial charge in [-0.15, -0.1) is 0 Å². The first-order chi connectivity index (χ1) is 34.2. The zero-order valence-corrected chi connectivity index (χ0v) is 41.1. The van der Waals surface area contributed by atoms with Crippen molar-refractivity contribution in [3.63, 3.8) is 0 Å². The molecule has 72 heavy (non-hydrogen) atoms. The van der Waals surface area contributed by atoms with Crippen LogP contribution in [0.2, 0.25) is 0 Å². The second-order valence-corrected chi connectivity index (χ2v) is 23.3. The van der Waals surface area contributed by atoms with Crippen molar-refractivity contribution in [3.05, 3.63) is 142 Å². The van der Waals surface area contributed by atoms with E-state index in [1.165, 1.54) is 36.4 Å². The van der Waals surface area contributed by atoms with Crippen molar-refractivity contribution in [3.8, 4) is 34.5 Å². The van der Waals surface area contributed by atoms with Crippen LogP contribution in [0.4, 0.5) is 20.4 Å². The number of benzene rings is 4. The Balaban J connectivity index is 0.000000178. The largest absolute Gasteiger partial charge is 0.484 e. The number of pyridine rings is 2. The van der Waals surface area contributed by atoms with Gasteiger partial charge >= 0.3 is 0 Å². The summed E-state index contributed by atoms with van der Waals surface area (Å²) in [5.41, 5.74) is 1.69. The van der Waals surface area contributed by atoms with Crippen molar-refractivity contribution >= 4 is 43.1 Å². The Hall–Kier alpha value is -7.00. The number of halogens is 2. The number of nitrogens with zero attached hydrogens (tertiary/aromatic N) is 2. The third kappa shape index (κ3) is 10.6. The minimum absolute atomic E-state index is 0.0693. The average Bonchev–Trinajstić information content (AvgIpc) is 4.29. The topological polar surface area (TPSA) is 230 Å². The number of aryl methyl sites for hydroxylation is 2. The van der Waals surface area contributed by atoms with E-state index in [1.807, 2.05) is 26.0 Å². The van der Waals surface area contributed by atoms with Crippen LogP contribution in [-0.4, -0.2) is 83.7 Å². The molecule has 0 spiro atoms. The molecule has 16 nitrogen and oxygen atoms in total. The molecule has 2 amide bonds. The molecular weight excluding hydrogens is 975 g/mol. The number of nitrogens with one attached hydrogen (secondary N) is 2. The molecule has 4 heterocycles. The molecule has 2 aliphatic carbocycles. The van der Waals surface area contributed by atoms with Crippen LogP contribution < -0.4 is 29.6 Å². The van der Waals surface area contributed by atoms with E-state index in [4.69, 9.17) is 18.9 Å². The van der Waals surface area contributed by atoms with Crippen LogP contribution >= 0.6 is 0 Å². The van der Waals surface area contributed by atoms with Gasteiger partial charge in [0.25, 0.3) is 11.8 Å². The number of rotatable bonds is 14. The number of aliphatic hydroxyl groups excluding tert-OH is 2. The fraction of sp³-hybridized carbons (Fsp3) is 0.308. The van der Waals surface area contributed by atoms with E-state index < -0.39 is 64.8 Å². The number of hydrogen-bond donors (Lipinski definition) is 4. The molecule has 2 saturated carbocycles. The summed E-state index contributed by atoms with van der Waals surface area (Å²) in [7, 11) is -7.40. The van der Waals surface area contributed by atoms with Gasteiger partial charge in [0.05, 0.1) is 23.7 Å². The molecule has 2 aliphatic heterocycles. The van der Waals surface area contributed by atoms with Crippen molar-refractivity contribution in [1.29, 1.82) is 0 Å². The number of fused-ring (bicyclic) bond motifs is 2. The molecule has 20 heteroatoms. The van der Waals surface area contributed by atoms with E-state index in [0.717, 1.165) is 23.3 Å². The fourth-order valence-corrected chi connectivity index (χ4v) is 11.5. The maximum atomic E-state index is 14.8. The molecule has 376 valence electrons. The van der Waals surface area contributed by atoms with E-state index in [1.54, 1.807) is 50.5 Å². The number of carbonyl (C=O) groups excluding carboxylic acids is 2. The number of aromatic nitrogens is 2. The third-order valence-corrected chi connectivity index (χ3v) is 17.0. The SMILES string of the molecule is Cc1ccc(NC(=O)c2cc(Oc3ccc(S(=O)(=O)C4CC4)c(F)c3)c3c(c2)OC(C)(CO)C3)nc1.Cc1ccc(NC(=O)c2cc(Oc3ccc(S(=O)(=O)C4CC4)c(F)c3)c3c(c2)OC(C)(CO)C3)nc1. The zero-order chi connectivity index (χ0) is 51.3. The van der Waals surface area contributed by atoms with Crippen LogP contribution in [-0.2, 0) is 32.5 Å². The van der Waals surface area contributed by atoms with Gasteiger partial charge in [-0.2, -0.15) is 0 Å². The predicted molar refractivity (Wildman–Crippen MR) is 260 cm³/mol. The first-order valence-electron chi connectivity index (χ1n) is 23.0. The highest BCUT2D eigenvalue weighted by Crippen LogP contribution is 2.46. The van der Waals surface area contributed by atoms with Gasteiger partial charge in [0, 0.05) is 59.6 Å². The first-order valence-corrected chi connectivity index (χ1v) is 26.1. The van der Waals surface area contributed by atoms with Gasteiger partial charge in [-0.1, -0.05) is 12.1 Å². The second-order valence-electron chi connectivity index (χ2n) is 18.9. The molecule has 2 atom stereocenters. The lowest BCUT2D eigenvalue weighted by molar-refractivity contribution is 0.0445. The Kier molecular flexibility index (Phi) is 13.3. The quantitative estimate of drug-likeness (QED) is 0.0803. The second kappa shape index (κ2) is 19.2. The van der Waals surface area contributed by atoms with Gasteiger partial charge in [0.2, 0.25) is 0 Å². The van der Waals surface area contributed by atoms with E-state index in [-0.39, 0.29) is 57.1 Å². The van der Waals surface area contributed by atoms with Crippen LogP contribution in [0.25, 0.3) is 0 Å². The van der Waals surface area contributed by atoms with Gasteiger partial charge in [0.1, 0.15) is 78.8 Å². The van der Waals surface area contributed by atoms with Crippen molar-refractivity contribution in [1.82, 2.24) is 9.97 Å². The molecule has 10 rings (SSSR count). The Labute approximate surface area is 414 Å². The van der Waals surface area contributed by atoms with Gasteiger partial charge < -0.3 is 39.8 Å². The van der Waals surface area contributed by atoms with Crippen LogP contribution in [0.1, 0.15) is 82.5 Å². The van der Waals surface area contributed by atoms with E-state index in [9.17, 15) is 45.4 Å². The maximum absolute atomic E-state index is 14.8. The van der Waals surface area contributed by atoms with Gasteiger partial charge in [-0.25, -0.2) is 35.6 Å². The fourth-order valence-electron chi connectivity index (χ4n) is 8.12. The molecule has 4 aliphatic rings. The highest BCUT2D eigenvalue weighted by atomic mass is 32.2. The smallest absolute Gasteiger partial charge is 0.257 e. The van der Waals surface area contributed by atoms with Gasteiger partial charge in [-0.3, -0.25) is 9.59 Å². The summed E-state index contributed by atoms with van der Waals surface area (Å²) >= 11 is 0. The van der Waals surface area contributed by atoms with Crippen molar-refractivity contribution < 1.29 is 64.4 Å². The molecule has 2 fully saturated rings. The number of sulfone groups is 2. The number of aliphatic hydroxyl groups is 2.